The average molecular weight is 303 g/mol. The van der Waals surface area contributed by atoms with E-state index in [9.17, 15) is 4.79 Å². The third-order valence-electron chi connectivity index (χ3n) is 4.75. The van der Waals surface area contributed by atoms with Crippen molar-refractivity contribution in [2.45, 2.75) is 33.7 Å². The Morgan fingerprint density at radius 2 is 1.73 bits per heavy atom. The second-order valence-corrected chi connectivity index (χ2v) is 6.00. The topological polar surface area (TPSA) is 26.8 Å². The molecule has 2 rings (SSSR count). The Hall–Kier alpha value is -1.55. The molecule has 1 amide bonds. The lowest BCUT2D eigenvalue weighted by atomic mass is 10.1. The predicted octanol–water partition coefficient (Wildman–Crippen LogP) is 2.37. The van der Waals surface area contributed by atoms with E-state index in [2.05, 4.69) is 41.0 Å². The van der Waals surface area contributed by atoms with Gasteiger partial charge in [-0.05, 0) is 39.3 Å². The molecule has 1 fully saturated rings. The third-order valence-corrected chi connectivity index (χ3v) is 4.75. The second kappa shape index (κ2) is 7.63. The van der Waals surface area contributed by atoms with E-state index in [0.717, 1.165) is 39.3 Å². The molecule has 1 heterocycles. The summed E-state index contributed by atoms with van der Waals surface area (Å²) in [5, 5.41) is 0. The summed E-state index contributed by atoms with van der Waals surface area (Å²) >= 11 is 0. The highest BCUT2D eigenvalue weighted by atomic mass is 16.2. The summed E-state index contributed by atoms with van der Waals surface area (Å²) in [5.74, 6) is 0.259. The summed E-state index contributed by atoms with van der Waals surface area (Å²) in [6.07, 6.45) is 0. The number of amides is 1. The van der Waals surface area contributed by atoms with E-state index >= 15 is 0 Å². The van der Waals surface area contributed by atoms with Gasteiger partial charge < -0.3 is 9.80 Å². The number of nitrogens with zero attached hydrogens (tertiary/aromatic N) is 3. The Labute approximate surface area is 134 Å². The standard InChI is InChI=1S/C18H29N3O/c1-5-19(6-2)18(22)16(4)20-11-13-21(14-12-20)17-10-8-7-9-15(17)3/h7-10,16H,5-6,11-14H2,1-4H3/t16-/m0/s1. The lowest BCUT2D eigenvalue weighted by Crippen LogP contribution is -2.54. The van der Waals surface area contributed by atoms with Crippen molar-refractivity contribution in [3.8, 4) is 0 Å². The van der Waals surface area contributed by atoms with Crippen LogP contribution in [0.15, 0.2) is 24.3 Å². The molecule has 0 spiro atoms. The molecular formula is C18H29N3O. The molecule has 0 radical (unpaired) electrons. The van der Waals surface area contributed by atoms with E-state index in [1.165, 1.54) is 11.3 Å². The first-order valence-corrected chi connectivity index (χ1v) is 8.41. The van der Waals surface area contributed by atoms with Crippen LogP contribution in [0.25, 0.3) is 0 Å². The number of benzene rings is 1. The molecular weight excluding hydrogens is 274 g/mol. The van der Waals surface area contributed by atoms with Gasteiger partial charge in [-0.15, -0.1) is 0 Å². The van der Waals surface area contributed by atoms with E-state index < -0.39 is 0 Å². The number of aryl methyl sites for hydroxylation is 1. The Morgan fingerprint density at radius 3 is 2.27 bits per heavy atom. The van der Waals surface area contributed by atoms with Gasteiger partial charge in [0.1, 0.15) is 0 Å². The van der Waals surface area contributed by atoms with Gasteiger partial charge in [0.05, 0.1) is 6.04 Å². The minimum absolute atomic E-state index is 0.0149. The number of piperazine rings is 1. The van der Waals surface area contributed by atoms with Crippen molar-refractivity contribution in [2.75, 3.05) is 44.2 Å². The molecule has 4 nitrogen and oxygen atoms in total. The van der Waals surface area contributed by atoms with Crippen LogP contribution in [-0.2, 0) is 4.79 Å². The largest absolute Gasteiger partial charge is 0.369 e. The van der Waals surface area contributed by atoms with Crippen molar-refractivity contribution in [3.05, 3.63) is 29.8 Å². The molecule has 0 unspecified atom stereocenters. The van der Waals surface area contributed by atoms with E-state index in [1.54, 1.807) is 0 Å². The lowest BCUT2D eigenvalue weighted by Gasteiger charge is -2.40. The molecule has 1 saturated heterocycles. The highest BCUT2D eigenvalue weighted by molar-refractivity contribution is 5.81. The van der Waals surface area contributed by atoms with Crippen LogP contribution in [0.2, 0.25) is 0 Å². The summed E-state index contributed by atoms with van der Waals surface area (Å²) in [5.41, 5.74) is 2.65. The maximum absolute atomic E-state index is 12.5. The molecule has 0 saturated carbocycles. The number of para-hydroxylation sites is 1. The summed E-state index contributed by atoms with van der Waals surface area (Å²) in [6.45, 7) is 13.8. The van der Waals surface area contributed by atoms with Gasteiger partial charge in [-0.3, -0.25) is 9.69 Å². The van der Waals surface area contributed by atoms with Gasteiger partial charge >= 0.3 is 0 Å². The van der Waals surface area contributed by atoms with Crippen LogP contribution in [-0.4, -0.2) is 61.0 Å². The monoisotopic (exact) mass is 303 g/mol. The first-order chi connectivity index (χ1) is 10.6. The van der Waals surface area contributed by atoms with Crippen LogP contribution in [0.4, 0.5) is 5.69 Å². The van der Waals surface area contributed by atoms with Gasteiger partial charge in [-0.1, -0.05) is 18.2 Å². The van der Waals surface area contributed by atoms with E-state index in [0.29, 0.717) is 0 Å². The van der Waals surface area contributed by atoms with Crippen LogP contribution in [0, 0.1) is 6.92 Å². The maximum Gasteiger partial charge on any atom is 0.239 e. The smallest absolute Gasteiger partial charge is 0.239 e. The normalized spacial score (nSPS) is 17.4. The molecule has 4 heteroatoms. The lowest BCUT2D eigenvalue weighted by molar-refractivity contribution is -0.136. The first kappa shape index (κ1) is 16.8. The Kier molecular flexibility index (Phi) is 5.83. The zero-order valence-electron chi connectivity index (χ0n) is 14.4. The van der Waals surface area contributed by atoms with Crippen LogP contribution in [0.3, 0.4) is 0 Å². The molecule has 1 aliphatic heterocycles. The van der Waals surface area contributed by atoms with E-state index in [-0.39, 0.29) is 11.9 Å². The number of hydrogen-bond donors (Lipinski definition) is 0. The average Bonchev–Trinajstić information content (AvgIpc) is 2.56. The van der Waals surface area contributed by atoms with E-state index in [4.69, 9.17) is 0 Å². The van der Waals surface area contributed by atoms with Gasteiger partial charge in [0.2, 0.25) is 5.91 Å². The zero-order valence-corrected chi connectivity index (χ0v) is 14.4. The quantitative estimate of drug-likeness (QED) is 0.835. The van der Waals surface area contributed by atoms with Crippen LogP contribution >= 0.6 is 0 Å². The van der Waals surface area contributed by atoms with Crippen molar-refractivity contribution in [2.24, 2.45) is 0 Å². The molecule has 1 atom stereocenters. The van der Waals surface area contributed by atoms with Gasteiger partial charge in [-0.25, -0.2) is 0 Å². The van der Waals surface area contributed by atoms with Gasteiger partial charge in [-0.2, -0.15) is 0 Å². The predicted molar refractivity (Wildman–Crippen MR) is 92.4 cm³/mol. The van der Waals surface area contributed by atoms with Gasteiger partial charge in [0.25, 0.3) is 0 Å². The third kappa shape index (κ3) is 3.61. The fraction of sp³-hybridized carbons (Fsp3) is 0.611. The van der Waals surface area contributed by atoms with Crippen molar-refractivity contribution in [1.29, 1.82) is 0 Å². The molecule has 0 aliphatic carbocycles. The molecule has 1 aromatic rings. The Morgan fingerprint density at radius 1 is 1.14 bits per heavy atom. The number of likely N-dealkylation sites (N-methyl/N-ethyl adjacent to an activating group) is 1. The first-order valence-electron chi connectivity index (χ1n) is 8.41. The summed E-state index contributed by atoms with van der Waals surface area (Å²) in [4.78, 5) is 19.2. The molecule has 1 aliphatic rings. The van der Waals surface area contributed by atoms with Gasteiger partial charge in [0, 0.05) is 45.0 Å². The van der Waals surface area contributed by atoms with E-state index in [1.807, 2.05) is 25.7 Å². The van der Waals surface area contributed by atoms with Crippen molar-refractivity contribution in [3.63, 3.8) is 0 Å². The second-order valence-electron chi connectivity index (χ2n) is 6.00. The maximum atomic E-state index is 12.5. The molecule has 0 aromatic heterocycles. The van der Waals surface area contributed by atoms with Crippen molar-refractivity contribution < 1.29 is 4.79 Å². The molecule has 122 valence electrons. The highest BCUT2D eigenvalue weighted by Gasteiger charge is 2.28. The van der Waals surface area contributed by atoms with Crippen molar-refractivity contribution in [1.82, 2.24) is 9.80 Å². The minimum atomic E-state index is -0.0149. The fourth-order valence-corrected chi connectivity index (χ4v) is 3.22. The molecule has 1 aromatic carbocycles. The van der Waals surface area contributed by atoms with Crippen LogP contribution < -0.4 is 4.90 Å². The molecule has 0 bridgehead atoms. The van der Waals surface area contributed by atoms with Crippen LogP contribution in [0.5, 0.6) is 0 Å². The highest BCUT2D eigenvalue weighted by Crippen LogP contribution is 2.21. The Balaban J connectivity index is 1.94. The molecule has 22 heavy (non-hydrogen) atoms. The number of hydrogen-bond acceptors (Lipinski definition) is 3. The van der Waals surface area contributed by atoms with Gasteiger partial charge in [0.15, 0.2) is 0 Å². The fourth-order valence-electron chi connectivity index (χ4n) is 3.22. The van der Waals surface area contributed by atoms with Crippen LogP contribution in [0.1, 0.15) is 26.3 Å². The SMILES string of the molecule is CCN(CC)C(=O)[C@H](C)N1CCN(c2ccccc2C)CC1. The number of carbonyl (C=O) groups excluding carboxylic acids is 1. The summed E-state index contributed by atoms with van der Waals surface area (Å²) in [7, 11) is 0. The number of carbonyl (C=O) groups is 1. The Bertz CT molecular complexity index is 491. The summed E-state index contributed by atoms with van der Waals surface area (Å²) < 4.78 is 0. The number of anilines is 1. The molecule has 0 N–H and O–H groups in total. The van der Waals surface area contributed by atoms with Crippen molar-refractivity contribution >= 4 is 11.6 Å². The zero-order chi connectivity index (χ0) is 16.1. The minimum Gasteiger partial charge on any atom is -0.369 e. The summed E-state index contributed by atoms with van der Waals surface area (Å²) in [6, 6.07) is 8.52. The number of rotatable bonds is 5.